The van der Waals surface area contributed by atoms with Crippen LogP contribution in [0, 0.1) is 0 Å². The van der Waals surface area contributed by atoms with Crippen molar-refractivity contribution in [1.82, 2.24) is 20.2 Å². The molecule has 4 rings (SSSR count). The number of hydrogen-bond donors (Lipinski definition) is 2. The van der Waals surface area contributed by atoms with Gasteiger partial charge in [0.25, 0.3) is 5.91 Å². The largest absolute Gasteiger partial charge is 0.463 e. The third kappa shape index (κ3) is 4.44. The minimum Gasteiger partial charge on any atom is -0.463 e. The van der Waals surface area contributed by atoms with Gasteiger partial charge in [-0.1, -0.05) is 5.16 Å². The highest BCUT2D eigenvalue weighted by Gasteiger charge is 2.21. The van der Waals surface area contributed by atoms with Crippen molar-refractivity contribution >= 4 is 39.1 Å². The zero-order chi connectivity index (χ0) is 20.9. The molecule has 3 aromatic heterocycles. The van der Waals surface area contributed by atoms with Crippen LogP contribution in [0.3, 0.4) is 0 Å². The molecule has 9 nitrogen and oxygen atoms in total. The molecule has 1 fully saturated rings. The molecule has 0 atom stereocenters. The summed E-state index contributed by atoms with van der Waals surface area (Å²) in [5, 5.41) is 7.80. The number of nitrogens with zero attached hydrogens (tertiary/aromatic N) is 4. The molecule has 0 bridgehead atoms. The molecule has 1 aliphatic heterocycles. The minimum absolute atomic E-state index is 0.0955. The smallest absolute Gasteiger partial charge is 0.261 e. The third-order valence-corrected chi connectivity index (χ3v) is 5.83. The van der Waals surface area contributed by atoms with Gasteiger partial charge in [0.05, 0.1) is 11.1 Å². The Morgan fingerprint density at radius 2 is 2.23 bits per heavy atom. The van der Waals surface area contributed by atoms with Gasteiger partial charge in [-0.25, -0.2) is 9.97 Å². The zero-order valence-electron chi connectivity index (χ0n) is 16.8. The summed E-state index contributed by atoms with van der Waals surface area (Å²) in [5.74, 6) is 0.433. The predicted molar refractivity (Wildman–Crippen MR) is 116 cm³/mol. The molecule has 1 saturated heterocycles. The molecular weight excluding hydrogens is 404 g/mol. The van der Waals surface area contributed by atoms with Crippen LogP contribution >= 0.6 is 11.3 Å². The second-order valence-electron chi connectivity index (χ2n) is 6.92. The molecule has 158 valence electrons. The van der Waals surface area contributed by atoms with Crippen LogP contribution in [0.2, 0.25) is 0 Å². The average Bonchev–Trinajstić information content (AvgIpc) is 3.49. The van der Waals surface area contributed by atoms with E-state index in [4.69, 9.17) is 15.0 Å². The molecule has 3 N–H and O–H groups in total. The number of amides is 1. The number of carbonyl (C=O) groups is 1. The van der Waals surface area contributed by atoms with Crippen molar-refractivity contribution in [3.8, 4) is 0 Å². The molecule has 0 saturated carbocycles. The molecular formula is C20H24N6O3S. The Bertz CT molecular complexity index is 1040. The standard InChI is InChI=1S/C20H24N6O3S/c1-2-22-18(27)15-12-13-16(23-20(21)24-19(13)30-15)17(14-6-5-10-28-14)25-29-11-9-26-7-3-4-8-26/h5-6,10,12H,2-4,7-9,11H2,1H3,(H,22,27)(H2,21,23,24)/b25-17-. The van der Waals surface area contributed by atoms with Gasteiger partial charge in [-0.15, -0.1) is 11.3 Å². The number of likely N-dealkylation sites (tertiary alicyclic amines) is 1. The van der Waals surface area contributed by atoms with Gasteiger partial charge in [-0.3, -0.25) is 9.69 Å². The second kappa shape index (κ2) is 9.23. The molecule has 0 unspecified atom stereocenters. The summed E-state index contributed by atoms with van der Waals surface area (Å²) in [4.78, 5) is 30.1. The van der Waals surface area contributed by atoms with E-state index in [9.17, 15) is 4.79 Å². The first-order chi connectivity index (χ1) is 14.7. The minimum atomic E-state index is -0.164. The van der Waals surface area contributed by atoms with Crippen molar-refractivity contribution in [3.63, 3.8) is 0 Å². The Hall–Kier alpha value is -2.98. The molecule has 10 heteroatoms. The molecule has 3 aromatic rings. The number of nitrogen functional groups attached to an aromatic ring is 1. The number of thiophene rings is 1. The lowest BCUT2D eigenvalue weighted by molar-refractivity contribution is 0.0960. The monoisotopic (exact) mass is 428 g/mol. The van der Waals surface area contributed by atoms with Gasteiger partial charge in [0.2, 0.25) is 5.95 Å². The third-order valence-electron chi connectivity index (χ3n) is 4.80. The molecule has 4 heterocycles. The van der Waals surface area contributed by atoms with E-state index in [1.54, 1.807) is 24.5 Å². The van der Waals surface area contributed by atoms with E-state index in [1.165, 1.54) is 24.2 Å². The highest BCUT2D eigenvalue weighted by molar-refractivity contribution is 7.20. The molecule has 0 spiro atoms. The fourth-order valence-electron chi connectivity index (χ4n) is 3.38. The Balaban J connectivity index is 1.67. The maximum absolute atomic E-state index is 12.3. The van der Waals surface area contributed by atoms with Gasteiger partial charge in [-0.05, 0) is 51.1 Å². The van der Waals surface area contributed by atoms with Gasteiger partial charge in [0.15, 0.2) is 11.5 Å². The van der Waals surface area contributed by atoms with Crippen molar-refractivity contribution < 1.29 is 14.0 Å². The summed E-state index contributed by atoms with van der Waals surface area (Å²) in [6.07, 6.45) is 4.01. The van der Waals surface area contributed by atoms with E-state index in [0.717, 1.165) is 19.6 Å². The number of hydrogen-bond acceptors (Lipinski definition) is 9. The Morgan fingerprint density at radius 3 is 2.97 bits per heavy atom. The number of aromatic nitrogens is 2. The lowest BCUT2D eigenvalue weighted by Crippen LogP contribution is -2.23. The second-order valence-corrected chi connectivity index (χ2v) is 7.95. The van der Waals surface area contributed by atoms with E-state index >= 15 is 0 Å². The SMILES string of the molecule is CCNC(=O)c1cc2c(/C(=N\OCCN3CCCC3)c3ccco3)nc(N)nc2s1. The Morgan fingerprint density at radius 1 is 1.40 bits per heavy atom. The number of anilines is 1. The average molecular weight is 429 g/mol. The van der Waals surface area contributed by atoms with Gasteiger partial charge < -0.3 is 20.3 Å². The number of nitrogens with two attached hydrogens (primary N) is 1. The maximum Gasteiger partial charge on any atom is 0.261 e. The lowest BCUT2D eigenvalue weighted by Gasteiger charge is -2.13. The summed E-state index contributed by atoms with van der Waals surface area (Å²) in [5.41, 5.74) is 6.84. The normalized spacial score (nSPS) is 15.0. The number of nitrogens with one attached hydrogen (secondary N) is 1. The van der Waals surface area contributed by atoms with Crippen molar-refractivity contribution in [3.05, 3.63) is 40.8 Å². The predicted octanol–water partition coefficient (Wildman–Crippen LogP) is 2.48. The van der Waals surface area contributed by atoms with Crippen LogP contribution in [0.25, 0.3) is 10.2 Å². The number of furan rings is 1. The fourth-order valence-corrected chi connectivity index (χ4v) is 4.34. The molecule has 0 aromatic carbocycles. The first kappa shape index (κ1) is 20.3. The van der Waals surface area contributed by atoms with Crippen LogP contribution in [-0.4, -0.2) is 59.3 Å². The Labute approximate surface area is 177 Å². The topological polar surface area (TPSA) is 119 Å². The van der Waals surface area contributed by atoms with Crippen LogP contribution in [0.1, 0.15) is 40.9 Å². The first-order valence-electron chi connectivity index (χ1n) is 9.97. The first-order valence-corrected chi connectivity index (χ1v) is 10.8. The number of rotatable bonds is 8. The van der Waals surface area contributed by atoms with Crippen LogP contribution in [-0.2, 0) is 4.84 Å². The zero-order valence-corrected chi connectivity index (χ0v) is 17.6. The van der Waals surface area contributed by atoms with Crippen LogP contribution in [0.5, 0.6) is 0 Å². The molecule has 30 heavy (non-hydrogen) atoms. The van der Waals surface area contributed by atoms with Gasteiger partial charge >= 0.3 is 0 Å². The fraction of sp³-hybridized carbons (Fsp3) is 0.400. The highest BCUT2D eigenvalue weighted by atomic mass is 32.1. The van der Waals surface area contributed by atoms with Gasteiger partial charge in [-0.2, -0.15) is 0 Å². The van der Waals surface area contributed by atoms with E-state index in [-0.39, 0.29) is 11.9 Å². The van der Waals surface area contributed by atoms with Crippen LogP contribution in [0.15, 0.2) is 34.0 Å². The maximum atomic E-state index is 12.3. The van der Waals surface area contributed by atoms with E-state index < -0.39 is 0 Å². The molecule has 0 radical (unpaired) electrons. The highest BCUT2D eigenvalue weighted by Crippen LogP contribution is 2.28. The van der Waals surface area contributed by atoms with Gasteiger partial charge in [0, 0.05) is 18.5 Å². The summed E-state index contributed by atoms with van der Waals surface area (Å²) in [7, 11) is 0. The lowest BCUT2D eigenvalue weighted by atomic mass is 10.1. The number of carbonyl (C=O) groups excluding carboxylic acids is 1. The van der Waals surface area contributed by atoms with E-state index in [2.05, 4.69) is 25.3 Å². The van der Waals surface area contributed by atoms with Crippen molar-refractivity contribution in [1.29, 1.82) is 0 Å². The van der Waals surface area contributed by atoms with Crippen LogP contribution < -0.4 is 11.1 Å². The van der Waals surface area contributed by atoms with Crippen molar-refractivity contribution in [2.24, 2.45) is 5.16 Å². The summed E-state index contributed by atoms with van der Waals surface area (Å²) in [6, 6.07) is 5.30. The molecule has 0 aliphatic carbocycles. The quantitative estimate of drug-likeness (QED) is 0.321. The number of oxime groups is 1. The van der Waals surface area contributed by atoms with E-state index in [1.807, 2.05) is 6.92 Å². The van der Waals surface area contributed by atoms with Crippen molar-refractivity contribution in [2.45, 2.75) is 19.8 Å². The molecule has 1 aliphatic rings. The van der Waals surface area contributed by atoms with E-state index in [0.29, 0.717) is 45.4 Å². The molecule has 1 amide bonds. The van der Waals surface area contributed by atoms with Gasteiger partial charge in [0.1, 0.15) is 17.1 Å². The van der Waals surface area contributed by atoms with Crippen molar-refractivity contribution in [2.75, 3.05) is 38.5 Å². The number of fused-ring (bicyclic) bond motifs is 1. The Kier molecular flexibility index (Phi) is 6.24. The van der Waals surface area contributed by atoms with Crippen LogP contribution in [0.4, 0.5) is 5.95 Å². The summed E-state index contributed by atoms with van der Waals surface area (Å²) < 4.78 is 5.56. The summed E-state index contributed by atoms with van der Waals surface area (Å²) in [6.45, 7) is 5.88. The summed E-state index contributed by atoms with van der Waals surface area (Å²) >= 11 is 1.26.